The molecule has 0 unspecified atom stereocenters. The molecule has 0 spiro atoms. The van der Waals surface area contributed by atoms with Gasteiger partial charge in [0.1, 0.15) is 0 Å². The highest BCUT2D eigenvalue weighted by Gasteiger charge is 2.14. The topological polar surface area (TPSA) is 44.5 Å². The molecule has 0 aliphatic carbocycles. The van der Waals surface area contributed by atoms with Gasteiger partial charge in [-0.1, -0.05) is 36.4 Å². The molecule has 21 heavy (non-hydrogen) atoms. The Morgan fingerprint density at radius 3 is 2.24 bits per heavy atom. The van der Waals surface area contributed by atoms with Crippen LogP contribution in [0.25, 0.3) is 0 Å². The van der Waals surface area contributed by atoms with Crippen LogP contribution in [-0.4, -0.2) is 20.8 Å². The highest BCUT2D eigenvalue weighted by Crippen LogP contribution is 2.35. The van der Waals surface area contributed by atoms with E-state index in [2.05, 4.69) is 18.2 Å². The standard InChI is InChI=1S/C17H21NO2.ClH/c1-19-16-9-8-14(10-11-18)15(17(16)20-2)12-13-6-4-3-5-7-13;/h3-9H,10-12,18H2,1-2H3;1H. The number of ether oxygens (including phenoxy) is 2. The molecule has 0 heterocycles. The van der Waals surface area contributed by atoms with Gasteiger partial charge in [-0.25, -0.2) is 0 Å². The first-order chi connectivity index (χ1) is 9.80. The van der Waals surface area contributed by atoms with Crippen molar-refractivity contribution >= 4 is 12.4 Å². The third-order valence-electron chi connectivity index (χ3n) is 3.38. The summed E-state index contributed by atoms with van der Waals surface area (Å²) in [5, 5.41) is 0. The van der Waals surface area contributed by atoms with Gasteiger partial charge in [-0.05, 0) is 30.2 Å². The molecular weight excluding hydrogens is 286 g/mol. The molecule has 2 aromatic rings. The molecule has 0 bridgehead atoms. The second kappa shape index (κ2) is 8.55. The van der Waals surface area contributed by atoms with E-state index in [1.165, 1.54) is 11.1 Å². The van der Waals surface area contributed by atoms with Gasteiger partial charge in [-0.3, -0.25) is 0 Å². The summed E-state index contributed by atoms with van der Waals surface area (Å²) in [6.45, 7) is 0.622. The fourth-order valence-electron chi connectivity index (χ4n) is 2.42. The van der Waals surface area contributed by atoms with Gasteiger partial charge in [0.2, 0.25) is 0 Å². The average molecular weight is 308 g/mol. The van der Waals surface area contributed by atoms with Crippen molar-refractivity contribution in [3.8, 4) is 11.5 Å². The van der Waals surface area contributed by atoms with Crippen LogP contribution in [0.15, 0.2) is 42.5 Å². The first-order valence-corrected chi connectivity index (χ1v) is 6.77. The van der Waals surface area contributed by atoms with Crippen LogP contribution in [0, 0.1) is 0 Å². The Balaban J connectivity index is 0.00000220. The van der Waals surface area contributed by atoms with Crippen LogP contribution in [0.4, 0.5) is 0 Å². The van der Waals surface area contributed by atoms with Crippen molar-refractivity contribution in [3.05, 3.63) is 59.2 Å². The zero-order valence-electron chi connectivity index (χ0n) is 12.5. The van der Waals surface area contributed by atoms with Gasteiger partial charge in [0.05, 0.1) is 14.2 Å². The van der Waals surface area contributed by atoms with Gasteiger partial charge in [0.25, 0.3) is 0 Å². The largest absolute Gasteiger partial charge is 0.493 e. The van der Waals surface area contributed by atoms with Crippen molar-refractivity contribution in [2.45, 2.75) is 12.8 Å². The number of nitrogens with two attached hydrogens (primary N) is 1. The van der Waals surface area contributed by atoms with E-state index >= 15 is 0 Å². The minimum atomic E-state index is 0. The van der Waals surface area contributed by atoms with Gasteiger partial charge in [-0.2, -0.15) is 0 Å². The van der Waals surface area contributed by atoms with Crippen molar-refractivity contribution in [2.24, 2.45) is 5.73 Å². The third kappa shape index (κ3) is 4.13. The monoisotopic (exact) mass is 307 g/mol. The van der Waals surface area contributed by atoms with Gasteiger partial charge < -0.3 is 15.2 Å². The fourth-order valence-corrected chi connectivity index (χ4v) is 2.42. The van der Waals surface area contributed by atoms with E-state index in [9.17, 15) is 0 Å². The molecule has 0 saturated heterocycles. The molecule has 2 N–H and O–H groups in total. The first-order valence-electron chi connectivity index (χ1n) is 6.77. The van der Waals surface area contributed by atoms with Crippen molar-refractivity contribution in [2.75, 3.05) is 20.8 Å². The van der Waals surface area contributed by atoms with Crippen LogP contribution in [0.1, 0.15) is 16.7 Å². The van der Waals surface area contributed by atoms with Crippen LogP contribution in [0.3, 0.4) is 0 Å². The lowest BCUT2D eigenvalue weighted by Gasteiger charge is -2.17. The number of benzene rings is 2. The summed E-state index contributed by atoms with van der Waals surface area (Å²) in [5.41, 5.74) is 9.33. The van der Waals surface area contributed by atoms with Gasteiger partial charge >= 0.3 is 0 Å². The Morgan fingerprint density at radius 1 is 0.952 bits per heavy atom. The summed E-state index contributed by atoms with van der Waals surface area (Å²) in [6.07, 6.45) is 1.65. The van der Waals surface area contributed by atoms with Crippen LogP contribution in [-0.2, 0) is 12.8 Å². The summed E-state index contributed by atoms with van der Waals surface area (Å²) in [4.78, 5) is 0. The SMILES string of the molecule is COc1ccc(CCN)c(Cc2ccccc2)c1OC.Cl. The first kappa shape index (κ1) is 17.3. The summed E-state index contributed by atoms with van der Waals surface area (Å²) in [6, 6.07) is 14.4. The Morgan fingerprint density at radius 2 is 1.67 bits per heavy atom. The predicted octanol–water partition coefficient (Wildman–Crippen LogP) is 3.22. The summed E-state index contributed by atoms with van der Waals surface area (Å²) in [5.74, 6) is 1.57. The molecule has 0 radical (unpaired) electrons. The van der Waals surface area contributed by atoms with Crippen molar-refractivity contribution in [1.82, 2.24) is 0 Å². The molecule has 3 nitrogen and oxygen atoms in total. The van der Waals surface area contributed by atoms with E-state index in [1.54, 1.807) is 14.2 Å². The van der Waals surface area contributed by atoms with E-state index < -0.39 is 0 Å². The van der Waals surface area contributed by atoms with E-state index in [0.29, 0.717) is 6.54 Å². The summed E-state index contributed by atoms with van der Waals surface area (Å²) < 4.78 is 11.0. The van der Waals surface area contributed by atoms with Gasteiger partial charge in [-0.15, -0.1) is 12.4 Å². The lowest BCUT2D eigenvalue weighted by Crippen LogP contribution is -2.08. The molecule has 4 heteroatoms. The Kier molecular flexibility index (Phi) is 7.06. The van der Waals surface area contributed by atoms with Crippen molar-refractivity contribution < 1.29 is 9.47 Å². The fraction of sp³-hybridized carbons (Fsp3) is 0.294. The lowest BCUT2D eigenvalue weighted by atomic mass is 9.96. The Bertz CT molecular complexity index is 558. The number of halogens is 1. The van der Waals surface area contributed by atoms with Crippen LogP contribution in [0.2, 0.25) is 0 Å². The molecule has 0 atom stereocenters. The zero-order valence-corrected chi connectivity index (χ0v) is 13.3. The van der Waals surface area contributed by atoms with Crippen LogP contribution in [0.5, 0.6) is 11.5 Å². The highest BCUT2D eigenvalue weighted by molar-refractivity contribution is 5.85. The normalized spacial score (nSPS) is 9.86. The molecule has 2 aromatic carbocycles. The van der Waals surface area contributed by atoms with Gasteiger partial charge in [0, 0.05) is 12.0 Å². The molecule has 0 aliphatic rings. The molecule has 0 saturated carbocycles. The Hall–Kier alpha value is -1.71. The molecule has 2 rings (SSSR count). The summed E-state index contributed by atoms with van der Waals surface area (Å²) >= 11 is 0. The van der Waals surface area contributed by atoms with E-state index in [4.69, 9.17) is 15.2 Å². The molecule has 114 valence electrons. The maximum absolute atomic E-state index is 5.71. The molecule has 0 fully saturated rings. The zero-order chi connectivity index (χ0) is 14.4. The minimum Gasteiger partial charge on any atom is -0.493 e. The van der Waals surface area contributed by atoms with Crippen molar-refractivity contribution in [3.63, 3.8) is 0 Å². The predicted molar refractivity (Wildman–Crippen MR) is 88.8 cm³/mol. The number of methoxy groups -OCH3 is 2. The minimum absolute atomic E-state index is 0. The van der Waals surface area contributed by atoms with Crippen LogP contribution < -0.4 is 15.2 Å². The summed E-state index contributed by atoms with van der Waals surface area (Å²) in [7, 11) is 3.34. The second-order valence-electron chi connectivity index (χ2n) is 4.64. The maximum Gasteiger partial charge on any atom is 0.164 e. The van der Waals surface area contributed by atoms with Gasteiger partial charge in [0.15, 0.2) is 11.5 Å². The third-order valence-corrected chi connectivity index (χ3v) is 3.38. The average Bonchev–Trinajstić information content (AvgIpc) is 2.49. The molecular formula is C17H22ClNO2. The van der Waals surface area contributed by atoms with E-state index in [-0.39, 0.29) is 12.4 Å². The molecule has 0 aliphatic heterocycles. The second-order valence-corrected chi connectivity index (χ2v) is 4.64. The van der Waals surface area contributed by atoms with Crippen molar-refractivity contribution in [1.29, 1.82) is 0 Å². The van der Waals surface area contributed by atoms with E-state index in [1.807, 2.05) is 24.3 Å². The maximum atomic E-state index is 5.71. The highest BCUT2D eigenvalue weighted by atomic mass is 35.5. The smallest absolute Gasteiger partial charge is 0.164 e. The number of hydrogen-bond donors (Lipinski definition) is 1. The number of rotatable bonds is 6. The number of hydrogen-bond acceptors (Lipinski definition) is 3. The lowest BCUT2D eigenvalue weighted by molar-refractivity contribution is 0.351. The van der Waals surface area contributed by atoms with Crippen LogP contribution >= 0.6 is 12.4 Å². The molecule has 0 amide bonds. The Labute approximate surface area is 132 Å². The molecule has 0 aromatic heterocycles. The van der Waals surface area contributed by atoms with E-state index in [0.717, 1.165) is 29.9 Å². The quantitative estimate of drug-likeness (QED) is 0.891.